The molecule has 30 heavy (non-hydrogen) atoms. The number of ether oxygens (including phenoxy) is 1. The topological polar surface area (TPSA) is 70.1 Å². The van der Waals surface area contributed by atoms with E-state index in [0.717, 1.165) is 5.56 Å². The fraction of sp³-hybridized carbons (Fsp3) is 0.333. The number of Topliss-reactive ketones (excluding diaryl/α,β-unsaturated/α-hetero) is 1. The second-order valence-corrected chi connectivity index (χ2v) is 7.90. The smallest absolute Gasteiger partial charge is 0.295 e. The monoisotopic (exact) mass is 408 g/mol. The molecule has 1 fully saturated rings. The number of ketones is 1. The number of hydrogen-bond acceptors (Lipinski definition) is 5. The van der Waals surface area contributed by atoms with Crippen molar-refractivity contribution in [1.29, 1.82) is 0 Å². The lowest BCUT2D eigenvalue weighted by molar-refractivity contribution is -0.140. The second-order valence-electron chi connectivity index (χ2n) is 7.90. The average Bonchev–Trinajstić information content (AvgIpc) is 2.97. The molecule has 1 aliphatic rings. The number of benzene rings is 2. The van der Waals surface area contributed by atoms with E-state index < -0.39 is 17.7 Å². The van der Waals surface area contributed by atoms with Gasteiger partial charge in [0.05, 0.1) is 17.7 Å². The maximum Gasteiger partial charge on any atom is 0.295 e. The summed E-state index contributed by atoms with van der Waals surface area (Å²) >= 11 is 0. The van der Waals surface area contributed by atoms with Crippen molar-refractivity contribution in [3.05, 3.63) is 71.3 Å². The Labute approximate surface area is 177 Å². The molecule has 0 spiro atoms. The van der Waals surface area contributed by atoms with Gasteiger partial charge in [0.2, 0.25) is 0 Å². The number of amides is 1. The molecule has 0 saturated carbocycles. The minimum atomic E-state index is -0.664. The van der Waals surface area contributed by atoms with E-state index in [1.807, 2.05) is 63.2 Å². The largest absolute Gasteiger partial charge is 0.507 e. The van der Waals surface area contributed by atoms with Gasteiger partial charge in [-0.2, -0.15) is 0 Å². The lowest BCUT2D eigenvalue weighted by Crippen LogP contribution is -2.35. The van der Waals surface area contributed by atoms with Crippen LogP contribution in [0.5, 0.6) is 5.75 Å². The van der Waals surface area contributed by atoms with Crippen LogP contribution in [-0.4, -0.2) is 59.9 Å². The first-order chi connectivity index (χ1) is 14.3. The molecule has 1 saturated heterocycles. The van der Waals surface area contributed by atoms with Crippen molar-refractivity contribution in [3.63, 3.8) is 0 Å². The highest BCUT2D eigenvalue weighted by atomic mass is 16.5. The predicted octanol–water partition coefficient (Wildman–Crippen LogP) is 3.46. The zero-order valence-electron chi connectivity index (χ0n) is 17.8. The summed E-state index contributed by atoms with van der Waals surface area (Å²) in [7, 11) is 3.82. The van der Waals surface area contributed by atoms with Gasteiger partial charge in [0, 0.05) is 18.7 Å². The highest BCUT2D eigenvalue weighted by Gasteiger charge is 2.45. The van der Waals surface area contributed by atoms with Gasteiger partial charge in [0.25, 0.3) is 11.7 Å². The number of likely N-dealkylation sites (N-methyl/N-ethyl adjacent to an activating group) is 1. The van der Waals surface area contributed by atoms with E-state index in [-0.39, 0.29) is 17.4 Å². The van der Waals surface area contributed by atoms with Gasteiger partial charge in [0.1, 0.15) is 11.5 Å². The van der Waals surface area contributed by atoms with Crippen LogP contribution in [-0.2, 0) is 9.59 Å². The molecule has 3 rings (SSSR count). The molecular weight excluding hydrogens is 380 g/mol. The Kier molecular flexibility index (Phi) is 6.57. The number of nitrogens with zero attached hydrogens (tertiary/aromatic N) is 2. The molecule has 158 valence electrons. The first kappa shape index (κ1) is 21.6. The highest BCUT2D eigenvalue weighted by Crippen LogP contribution is 2.39. The predicted molar refractivity (Wildman–Crippen MR) is 116 cm³/mol. The Bertz CT molecular complexity index is 933. The van der Waals surface area contributed by atoms with Crippen LogP contribution < -0.4 is 4.74 Å². The molecular formula is C24H28N2O4. The van der Waals surface area contributed by atoms with Gasteiger partial charge in [-0.05, 0) is 57.8 Å². The van der Waals surface area contributed by atoms with Crippen LogP contribution in [0, 0.1) is 0 Å². The molecule has 1 heterocycles. The van der Waals surface area contributed by atoms with Crippen molar-refractivity contribution in [1.82, 2.24) is 9.80 Å². The van der Waals surface area contributed by atoms with Crippen molar-refractivity contribution < 1.29 is 19.4 Å². The van der Waals surface area contributed by atoms with Crippen molar-refractivity contribution >= 4 is 17.4 Å². The third-order valence-corrected chi connectivity index (χ3v) is 4.94. The number of aliphatic hydroxyl groups is 1. The molecule has 1 amide bonds. The molecule has 0 aromatic heterocycles. The number of carbonyl (C=O) groups is 2. The molecule has 2 aromatic carbocycles. The van der Waals surface area contributed by atoms with Crippen LogP contribution in [0.1, 0.15) is 31.0 Å². The Morgan fingerprint density at radius 3 is 2.27 bits per heavy atom. The fourth-order valence-corrected chi connectivity index (χ4v) is 3.52. The summed E-state index contributed by atoms with van der Waals surface area (Å²) in [6, 6.07) is 15.6. The first-order valence-corrected chi connectivity index (χ1v) is 10.0. The SMILES string of the molecule is CC(C)Oc1ccc(C(O)=C2C(=O)C(=O)N(CCN(C)C)C2c2ccccc2)cc1. The van der Waals surface area contributed by atoms with Crippen LogP contribution in [0.25, 0.3) is 5.76 Å². The Balaban J connectivity index is 2.05. The van der Waals surface area contributed by atoms with Crippen LogP contribution in [0.4, 0.5) is 0 Å². The molecule has 6 nitrogen and oxygen atoms in total. The molecule has 1 unspecified atom stereocenters. The molecule has 0 bridgehead atoms. The van der Waals surface area contributed by atoms with E-state index >= 15 is 0 Å². The van der Waals surface area contributed by atoms with Gasteiger partial charge >= 0.3 is 0 Å². The summed E-state index contributed by atoms with van der Waals surface area (Å²) in [4.78, 5) is 29.2. The highest BCUT2D eigenvalue weighted by molar-refractivity contribution is 6.46. The van der Waals surface area contributed by atoms with Crippen molar-refractivity contribution in [3.8, 4) is 5.75 Å². The number of hydrogen-bond donors (Lipinski definition) is 1. The number of rotatable bonds is 7. The first-order valence-electron chi connectivity index (χ1n) is 10.0. The lowest BCUT2D eigenvalue weighted by atomic mass is 9.95. The Morgan fingerprint density at radius 2 is 1.70 bits per heavy atom. The van der Waals surface area contributed by atoms with E-state index in [1.54, 1.807) is 29.2 Å². The van der Waals surface area contributed by atoms with Crippen LogP contribution in [0.3, 0.4) is 0 Å². The fourth-order valence-electron chi connectivity index (χ4n) is 3.52. The summed E-state index contributed by atoms with van der Waals surface area (Å²) in [6.45, 7) is 4.86. The summed E-state index contributed by atoms with van der Waals surface area (Å²) in [5.74, 6) is -0.757. The molecule has 1 aliphatic heterocycles. The van der Waals surface area contributed by atoms with E-state index in [9.17, 15) is 14.7 Å². The minimum absolute atomic E-state index is 0.0320. The van der Waals surface area contributed by atoms with E-state index in [4.69, 9.17) is 4.74 Å². The number of aliphatic hydroxyl groups excluding tert-OH is 1. The molecule has 1 N–H and O–H groups in total. The molecule has 1 atom stereocenters. The van der Waals surface area contributed by atoms with Crippen LogP contribution in [0.15, 0.2) is 60.2 Å². The van der Waals surface area contributed by atoms with Gasteiger partial charge in [-0.3, -0.25) is 9.59 Å². The van der Waals surface area contributed by atoms with Crippen molar-refractivity contribution in [2.24, 2.45) is 0 Å². The molecule has 0 radical (unpaired) electrons. The quantitative estimate of drug-likeness (QED) is 0.432. The molecule has 0 aliphatic carbocycles. The maximum absolute atomic E-state index is 12.9. The Morgan fingerprint density at radius 1 is 1.07 bits per heavy atom. The summed E-state index contributed by atoms with van der Waals surface area (Å²) in [5, 5.41) is 11.0. The van der Waals surface area contributed by atoms with E-state index in [2.05, 4.69) is 0 Å². The average molecular weight is 408 g/mol. The second kappa shape index (κ2) is 9.13. The summed E-state index contributed by atoms with van der Waals surface area (Å²) in [6.07, 6.45) is 0.0320. The number of likely N-dealkylation sites (tertiary alicyclic amines) is 1. The van der Waals surface area contributed by atoms with E-state index in [1.165, 1.54) is 0 Å². The lowest BCUT2D eigenvalue weighted by Gasteiger charge is -2.26. The van der Waals surface area contributed by atoms with Crippen LogP contribution >= 0.6 is 0 Å². The Hall–Kier alpha value is -3.12. The van der Waals surface area contributed by atoms with Gasteiger partial charge in [-0.15, -0.1) is 0 Å². The summed E-state index contributed by atoms with van der Waals surface area (Å²) in [5.41, 5.74) is 1.37. The van der Waals surface area contributed by atoms with Gasteiger partial charge in [0.15, 0.2) is 0 Å². The standard InChI is InChI=1S/C24H28N2O4/c1-16(2)30-19-12-10-18(11-13-19)22(27)20-21(17-8-6-5-7-9-17)26(15-14-25(3)4)24(29)23(20)28/h5-13,16,21,27H,14-15H2,1-4H3. The zero-order chi connectivity index (χ0) is 21.8. The third kappa shape index (κ3) is 4.54. The van der Waals surface area contributed by atoms with Gasteiger partial charge < -0.3 is 19.6 Å². The number of carbonyl (C=O) groups excluding carboxylic acids is 2. The van der Waals surface area contributed by atoms with E-state index in [0.29, 0.717) is 24.4 Å². The third-order valence-electron chi connectivity index (χ3n) is 4.94. The molecule has 6 heteroatoms. The van der Waals surface area contributed by atoms with Crippen molar-refractivity contribution in [2.45, 2.75) is 26.0 Å². The zero-order valence-corrected chi connectivity index (χ0v) is 17.8. The maximum atomic E-state index is 12.9. The normalized spacial score (nSPS) is 18.5. The van der Waals surface area contributed by atoms with Gasteiger partial charge in [-0.1, -0.05) is 30.3 Å². The minimum Gasteiger partial charge on any atom is -0.507 e. The molecule has 2 aromatic rings. The van der Waals surface area contributed by atoms with Crippen molar-refractivity contribution in [2.75, 3.05) is 27.2 Å². The van der Waals surface area contributed by atoms with Gasteiger partial charge in [-0.25, -0.2) is 0 Å². The summed E-state index contributed by atoms with van der Waals surface area (Å²) < 4.78 is 5.64. The van der Waals surface area contributed by atoms with Crippen LogP contribution in [0.2, 0.25) is 0 Å².